The van der Waals surface area contributed by atoms with E-state index in [1.165, 1.54) is 35.6 Å². The molecule has 108 valence electrons. The van der Waals surface area contributed by atoms with Crippen molar-refractivity contribution in [3.8, 4) is 0 Å². The van der Waals surface area contributed by atoms with Crippen molar-refractivity contribution in [1.29, 1.82) is 0 Å². The van der Waals surface area contributed by atoms with Crippen molar-refractivity contribution in [2.24, 2.45) is 11.3 Å². The second-order valence-corrected chi connectivity index (χ2v) is 6.93. The molecule has 2 aliphatic carbocycles. The molecule has 2 aliphatic rings. The zero-order valence-electron chi connectivity index (χ0n) is 12.6. The molecule has 1 spiro atoms. The van der Waals surface area contributed by atoms with Crippen LogP contribution in [0.25, 0.3) is 10.8 Å². The van der Waals surface area contributed by atoms with Crippen LogP contribution in [0.15, 0.2) is 42.5 Å². The third-order valence-corrected chi connectivity index (χ3v) is 5.93. The van der Waals surface area contributed by atoms with E-state index in [1.54, 1.807) is 0 Å². The summed E-state index contributed by atoms with van der Waals surface area (Å²) in [5, 5.41) is 2.60. The number of ketones is 1. The first-order chi connectivity index (χ1) is 10.2. The van der Waals surface area contributed by atoms with Crippen LogP contribution >= 0.6 is 0 Å². The van der Waals surface area contributed by atoms with E-state index in [4.69, 9.17) is 0 Å². The monoisotopic (exact) mass is 278 g/mol. The van der Waals surface area contributed by atoms with Gasteiger partial charge in [0, 0.05) is 12.3 Å². The molecule has 4 rings (SSSR count). The van der Waals surface area contributed by atoms with E-state index < -0.39 is 0 Å². The molecule has 0 radical (unpaired) electrons. The predicted molar refractivity (Wildman–Crippen MR) is 86.4 cm³/mol. The molecule has 0 heterocycles. The summed E-state index contributed by atoms with van der Waals surface area (Å²) < 4.78 is 0. The van der Waals surface area contributed by atoms with Gasteiger partial charge in [0.05, 0.1) is 0 Å². The molecule has 2 unspecified atom stereocenters. The zero-order chi connectivity index (χ0) is 14.4. The van der Waals surface area contributed by atoms with E-state index in [0.29, 0.717) is 23.5 Å². The summed E-state index contributed by atoms with van der Waals surface area (Å²) in [7, 11) is 0. The first-order valence-corrected chi connectivity index (χ1v) is 8.25. The summed E-state index contributed by atoms with van der Waals surface area (Å²) >= 11 is 0. The Morgan fingerprint density at radius 3 is 2.57 bits per heavy atom. The summed E-state index contributed by atoms with van der Waals surface area (Å²) in [6, 6.07) is 15.3. The van der Waals surface area contributed by atoms with Crippen LogP contribution in [0.3, 0.4) is 0 Å². The van der Waals surface area contributed by atoms with Crippen LogP contribution in [0.4, 0.5) is 0 Å². The number of Topliss-reactive ketones (excluding diaryl/α,β-unsaturated/α-hetero) is 1. The first-order valence-electron chi connectivity index (χ1n) is 8.25. The molecule has 2 atom stereocenters. The van der Waals surface area contributed by atoms with Gasteiger partial charge in [-0.25, -0.2) is 0 Å². The minimum absolute atomic E-state index is 0.275. The normalized spacial score (nSPS) is 26.3. The van der Waals surface area contributed by atoms with Gasteiger partial charge in [0.15, 0.2) is 0 Å². The number of rotatable bonds is 3. The van der Waals surface area contributed by atoms with Crippen LogP contribution in [0.2, 0.25) is 0 Å². The Morgan fingerprint density at radius 1 is 1.14 bits per heavy atom. The molecule has 1 heteroatoms. The molecule has 1 nitrogen and oxygen atoms in total. The summed E-state index contributed by atoms with van der Waals surface area (Å²) in [6.07, 6.45) is 5.80. The number of benzene rings is 2. The first kappa shape index (κ1) is 13.1. The van der Waals surface area contributed by atoms with Gasteiger partial charge in [0.25, 0.3) is 0 Å². The van der Waals surface area contributed by atoms with Gasteiger partial charge in [-0.3, -0.25) is 4.79 Å². The van der Waals surface area contributed by atoms with Gasteiger partial charge in [0.1, 0.15) is 5.78 Å². The highest BCUT2D eigenvalue weighted by atomic mass is 16.1. The molecular formula is C20H22O. The Balaban J connectivity index is 1.74. The number of carbonyl (C=O) groups excluding carboxylic acids is 1. The maximum absolute atomic E-state index is 12.3. The van der Waals surface area contributed by atoms with E-state index in [2.05, 4.69) is 42.5 Å². The maximum atomic E-state index is 12.3. The van der Waals surface area contributed by atoms with Crippen LogP contribution in [-0.4, -0.2) is 5.78 Å². The van der Waals surface area contributed by atoms with E-state index in [9.17, 15) is 4.79 Å². The van der Waals surface area contributed by atoms with Crippen LogP contribution in [0.5, 0.6) is 0 Å². The second kappa shape index (κ2) is 4.69. The van der Waals surface area contributed by atoms with Gasteiger partial charge >= 0.3 is 0 Å². The Labute approximate surface area is 126 Å². The fourth-order valence-electron chi connectivity index (χ4n) is 4.64. The van der Waals surface area contributed by atoms with Crippen LogP contribution in [0.1, 0.15) is 50.5 Å². The fourth-order valence-corrected chi connectivity index (χ4v) is 4.64. The summed E-state index contributed by atoms with van der Waals surface area (Å²) in [4.78, 5) is 12.3. The average molecular weight is 278 g/mol. The summed E-state index contributed by atoms with van der Waals surface area (Å²) in [5.41, 5.74) is 1.85. The molecular weight excluding hydrogens is 256 g/mol. The quantitative estimate of drug-likeness (QED) is 0.764. The lowest BCUT2D eigenvalue weighted by atomic mass is 9.43. The Kier molecular flexibility index (Phi) is 2.92. The molecule has 2 saturated carbocycles. The third-order valence-electron chi connectivity index (χ3n) is 5.93. The lowest BCUT2D eigenvalue weighted by molar-refractivity contribution is -0.139. The Morgan fingerprint density at radius 2 is 1.90 bits per heavy atom. The van der Waals surface area contributed by atoms with Crippen molar-refractivity contribution in [2.45, 2.75) is 44.9 Å². The Bertz CT molecular complexity index is 696. The highest BCUT2D eigenvalue weighted by Gasteiger charge is 2.58. The molecule has 0 bridgehead atoms. The van der Waals surface area contributed by atoms with E-state index in [0.717, 1.165) is 6.42 Å². The molecule has 2 aromatic carbocycles. The molecule has 0 saturated heterocycles. The highest BCUT2D eigenvalue weighted by Crippen LogP contribution is 2.67. The molecule has 0 amide bonds. The number of fused-ring (bicyclic) bond motifs is 1. The smallest absolute Gasteiger partial charge is 0.136 e. The average Bonchev–Trinajstić information content (AvgIpc) is 2.44. The molecule has 0 N–H and O–H groups in total. The summed E-state index contributed by atoms with van der Waals surface area (Å²) in [6.45, 7) is 2.01. The number of hydrogen-bond acceptors (Lipinski definition) is 1. The summed E-state index contributed by atoms with van der Waals surface area (Å²) in [5.74, 6) is 1.21. The topological polar surface area (TPSA) is 17.1 Å². The van der Waals surface area contributed by atoms with Crippen molar-refractivity contribution >= 4 is 16.6 Å². The van der Waals surface area contributed by atoms with Gasteiger partial charge in [-0.2, -0.15) is 0 Å². The zero-order valence-corrected chi connectivity index (χ0v) is 12.6. The SMILES string of the molecule is CCC(=O)C1CC2(CCC2)C1c1ccc2ccccc2c1. The van der Waals surface area contributed by atoms with E-state index >= 15 is 0 Å². The van der Waals surface area contributed by atoms with Crippen LogP contribution in [-0.2, 0) is 4.79 Å². The minimum Gasteiger partial charge on any atom is -0.299 e. The largest absolute Gasteiger partial charge is 0.299 e. The third kappa shape index (κ3) is 1.87. The van der Waals surface area contributed by atoms with Gasteiger partial charge in [-0.15, -0.1) is 0 Å². The van der Waals surface area contributed by atoms with Gasteiger partial charge in [0.2, 0.25) is 0 Å². The van der Waals surface area contributed by atoms with Crippen LogP contribution in [0, 0.1) is 11.3 Å². The van der Waals surface area contributed by atoms with Crippen molar-refractivity contribution in [1.82, 2.24) is 0 Å². The highest BCUT2D eigenvalue weighted by molar-refractivity contribution is 5.85. The molecule has 0 aliphatic heterocycles. The van der Waals surface area contributed by atoms with Crippen LogP contribution < -0.4 is 0 Å². The Hall–Kier alpha value is -1.63. The van der Waals surface area contributed by atoms with Crippen molar-refractivity contribution in [3.63, 3.8) is 0 Å². The van der Waals surface area contributed by atoms with Crippen molar-refractivity contribution in [2.75, 3.05) is 0 Å². The molecule has 21 heavy (non-hydrogen) atoms. The molecule has 0 aromatic heterocycles. The predicted octanol–water partition coefficient (Wildman–Crippen LogP) is 5.09. The lowest BCUT2D eigenvalue weighted by Gasteiger charge is -2.60. The lowest BCUT2D eigenvalue weighted by Crippen LogP contribution is -2.53. The minimum atomic E-state index is 0.275. The van der Waals surface area contributed by atoms with Gasteiger partial charge < -0.3 is 0 Å². The molecule has 2 aromatic rings. The van der Waals surface area contributed by atoms with Gasteiger partial charge in [-0.05, 0) is 46.9 Å². The number of hydrogen-bond donors (Lipinski definition) is 0. The number of carbonyl (C=O) groups is 1. The maximum Gasteiger partial charge on any atom is 0.136 e. The van der Waals surface area contributed by atoms with Gasteiger partial charge in [-0.1, -0.05) is 55.8 Å². The van der Waals surface area contributed by atoms with Crippen molar-refractivity contribution < 1.29 is 4.79 Å². The fraction of sp³-hybridized carbons (Fsp3) is 0.450. The molecule has 2 fully saturated rings. The van der Waals surface area contributed by atoms with Crippen molar-refractivity contribution in [3.05, 3.63) is 48.0 Å². The van der Waals surface area contributed by atoms with E-state index in [1.807, 2.05) is 6.92 Å². The second-order valence-electron chi connectivity index (χ2n) is 6.93. The standard InChI is InChI=1S/C20H22O/c1-2-18(21)17-13-20(10-5-11-20)19(17)16-9-8-14-6-3-4-7-15(14)12-16/h3-4,6-9,12,17,19H,2,5,10-11,13H2,1H3. The van der Waals surface area contributed by atoms with E-state index in [-0.39, 0.29) is 5.92 Å².